The minimum absolute atomic E-state index is 0.00376. The molecule has 3 heterocycles. The Balaban J connectivity index is 1.35. The number of carboxylic acids is 1. The van der Waals surface area contributed by atoms with Gasteiger partial charge in [-0.25, -0.2) is 26.7 Å². The third kappa shape index (κ3) is 13.7. The van der Waals surface area contributed by atoms with E-state index in [4.69, 9.17) is 16.1 Å². The molecule has 456 valence electrons. The second-order valence-corrected chi connectivity index (χ2v) is 27.0. The molecule has 4 atom stereocenters. The van der Waals surface area contributed by atoms with Gasteiger partial charge >= 0.3 is 26.1 Å². The molecule has 32 heteroatoms. The number of alkyl halides is 8. The van der Waals surface area contributed by atoms with Gasteiger partial charge in [-0.2, -0.15) is 49.6 Å². The number of carboxylic acid groups (broad SMARTS) is 1. The number of fused-ring (bicyclic) bond motifs is 4. The molecule has 1 unspecified atom stereocenters. The lowest BCUT2D eigenvalue weighted by Gasteiger charge is -2.31. The zero-order valence-corrected chi connectivity index (χ0v) is 48.7. The molecule has 3 aromatic carbocycles. The van der Waals surface area contributed by atoms with Crippen molar-refractivity contribution >= 4 is 74.8 Å². The number of rotatable bonds is 18. The van der Waals surface area contributed by atoms with E-state index in [9.17, 15) is 81.6 Å². The van der Waals surface area contributed by atoms with Gasteiger partial charge in [0, 0.05) is 63.1 Å². The van der Waals surface area contributed by atoms with Crippen LogP contribution in [0.15, 0.2) is 54.6 Å². The number of carbonyl (C=O) groups excluding carboxylic acids is 2. The monoisotopic (exact) mass is 1280 g/mol. The summed E-state index contributed by atoms with van der Waals surface area (Å²) in [6.45, 7) is 3.48. The number of sulfonamides is 1. The van der Waals surface area contributed by atoms with Crippen molar-refractivity contribution in [2.24, 2.45) is 5.92 Å². The van der Waals surface area contributed by atoms with Gasteiger partial charge in [-0.3, -0.25) is 37.7 Å². The molecule has 0 bridgehead atoms. The highest BCUT2D eigenvalue weighted by atomic mass is 35.5. The molecule has 6 aromatic rings. The molecule has 2 aliphatic rings. The maximum absolute atomic E-state index is 15.7. The molecule has 3 aromatic heterocycles. The summed E-state index contributed by atoms with van der Waals surface area (Å²) >= 11 is 6.79. The number of nitrogens with zero attached hydrogens (tertiary/aromatic N) is 6. The van der Waals surface area contributed by atoms with Crippen LogP contribution >= 0.6 is 19.4 Å². The first kappa shape index (κ1) is 64.1. The predicted octanol–water partition coefficient (Wildman–Crippen LogP) is 9.69. The lowest BCUT2D eigenvalue weighted by Crippen LogP contribution is -2.40. The van der Waals surface area contributed by atoms with Crippen LogP contribution in [0.3, 0.4) is 0 Å². The summed E-state index contributed by atoms with van der Waals surface area (Å²) in [7, 11) is -12.1. The van der Waals surface area contributed by atoms with E-state index in [-0.39, 0.29) is 53.6 Å². The number of halogens is 11. The Morgan fingerprint density at radius 3 is 2.19 bits per heavy atom. The number of pyridine rings is 1. The Kier molecular flexibility index (Phi) is 16.9. The number of phosphoric acid groups is 1. The second-order valence-electron chi connectivity index (χ2n) is 21.6. The molecule has 2 aliphatic carbocycles. The molecule has 0 radical (unpaired) electrons. The quantitative estimate of drug-likeness (QED) is 0.0355. The number of hydrogen-bond donors (Lipinski definition) is 4. The van der Waals surface area contributed by atoms with Crippen molar-refractivity contribution < 1.29 is 94.9 Å². The molecule has 4 N–H and O–H groups in total. The number of amides is 2. The molecule has 85 heavy (non-hydrogen) atoms. The summed E-state index contributed by atoms with van der Waals surface area (Å²) in [5.74, 6) is -9.45. The highest BCUT2D eigenvalue weighted by Gasteiger charge is 2.68. The molecule has 1 saturated carbocycles. The maximum atomic E-state index is 15.7. The fourth-order valence-electron chi connectivity index (χ4n) is 10.5. The smallest absolute Gasteiger partial charge is 0.481 e. The average Bonchev–Trinajstić information content (AvgIpc) is 1.53. The van der Waals surface area contributed by atoms with Crippen LogP contribution in [0.4, 0.5) is 49.7 Å². The van der Waals surface area contributed by atoms with Crippen LogP contribution < -0.4 is 14.1 Å². The zero-order chi connectivity index (χ0) is 63.2. The standard InChI is InChI=1S/C53H49ClF10N7O11PS2/c1-25-14-27(19-40(74)75)43(37(15-25)82-83(76,77)78)49(2,3)22-39(73)71(85(7,80)81)48-42-35(54)11-10-32(45(42)70(68-48)24-51(57,58)59)31-9-8-30(12-13-50(4,5)84(6)79)65-44(31)36(18-26-16-28(55)20-29(56)17-26)66-38(72)23-69-47-41(46(67-69)53(62,63)64)33-21-34(33)52(47,60)61/h8-11,14-17,20,33-34,36H,18-19,21-24H2,1-7H3,(H,66,72)(H,74,75)(H2,76,77,78)/t33-,34+,36-,84?/m0/s1. The number of aliphatic carboxylic acids is 1. The lowest BCUT2D eigenvalue weighted by molar-refractivity contribution is -0.143. The number of carbonyl (C=O) groups is 3. The van der Waals surface area contributed by atoms with Crippen molar-refractivity contribution in [3.63, 3.8) is 0 Å². The number of aromatic nitrogens is 5. The first-order valence-corrected chi connectivity index (χ1v) is 30.4. The van der Waals surface area contributed by atoms with Gasteiger partial charge in [-0.1, -0.05) is 43.5 Å². The van der Waals surface area contributed by atoms with E-state index in [0.29, 0.717) is 12.3 Å². The maximum Gasteiger partial charge on any atom is 0.524 e. The first-order valence-electron chi connectivity index (χ1n) is 25.1. The van der Waals surface area contributed by atoms with Gasteiger partial charge in [-0.05, 0) is 98.5 Å². The topological polar surface area (TPSA) is 253 Å². The number of hydrogen-bond acceptors (Lipinski definition) is 11. The van der Waals surface area contributed by atoms with Crippen molar-refractivity contribution in [2.45, 2.75) is 114 Å². The fraction of sp³-hybridized carbons (Fsp3) is 0.396. The highest BCUT2D eigenvalue weighted by Crippen LogP contribution is 2.68. The number of anilines is 1. The summed E-state index contributed by atoms with van der Waals surface area (Å²) in [6.07, 6.45) is -11.6. The largest absolute Gasteiger partial charge is 0.524 e. The molecule has 1 fully saturated rings. The zero-order valence-electron chi connectivity index (χ0n) is 45.4. The second kappa shape index (κ2) is 22.4. The van der Waals surface area contributed by atoms with E-state index < -0.39 is 192 Å². The molecular formula is C53H49ClF10N7O11PS2. The molecule has 18 nitrogen and oxygen atoms in total. The minimum atomic E-state index is -5.44. The number of phosphoric ester groups is 1. The van der Waals surface area contributed by atoms with Gasteiger partial charge in [-0.15, -0.1) is 0 Å². The molecule has 2 amide bonds. The Morgan fingerprint density at radius 2 is 1.61 bits per heavy atom. The van der Waals surface area contributed by atoms with E-state index in [2.05, 4.69) is 32.3 Å². The Hall–Kier alpha value is -6.90. The first-order chi connectivity index (χ1) is 39.0. The fourth-order valence-corrected chi connectivity index (χ4v) is 12.2. The minimum Gasteiger partial charge on any atom is -0.481 e. The molecule has 0 aliphatic heterocycles. The summed E-state index contributed by atoms with van der Waals surface area (Å²) in [4.78, 5) is 65.6. The normalized spacial score (nSPS) is 16.7. The number of benzene rings is 3. The number of nitrogens with one attached hydrogen (secondary N) is 1. The van der Waals surface area contributed by atoms with Crippen molar-refractivity contribution in [1.82, 2.24) is 29.9 Å². The lowest BCUT2D eigenvalue weighted by atomic mass is 9.77. The van der Waals surface area contributed by atoms with Crippen LogP contribution in [0.1, 0.15) is 103 Å². The van der Waals surface area contributed by atoms with Crippen LogP contribution in [0.5, 0.6) is 5.75 Å². The predicted molar refractivity (Wildman–Crippen MR) is 287 cm³/mol. The van der Waals surface area contributed by atoms with Gasteiger partial charge in [0.25, 0.3) is 5.92 Å². The SMILES string of the molecule is Cc1cc(CC(=O)O)c(C(C)(C)CC(=O)N(c2nn(CC(F)(F)F)c3c(-c4ccc(C#CC(C)(C)S(C)=O)nc4[C@H](Cc4cc(F)cc(F)c4)NC(=O)Cn4nc(C(F)(F)F)c5c4C(F)(F)[C@@H]4C[C@H]54)ccc(Cl)c23)S(C)(=O)=O)c(OP(=O)(O)O)c1. The van der Waals surface area contributed by atoms with Gasteiger partial charge < -0.3 is 14.9 Å². The van der Waals surface area contributed by atoms with Crippen molar-refractivity contribution in [3.05, 3.63) is 122 Å². The summed E-state index contributed by atoms with van der Waals surface area (Å²) in [5.41, 5.74) is -8.14. The van der Waals surface area contributed by atoms with E-state index in [0.717, 1.165) is 30.3 Å². The third-order valence-corrected chi connectivity index (χ3v) is 17.3. The Labute approximate surface area is 484 Å². The number of aryl methyl sites for hydroxylation is 1. The molecule has 0 spiro atoms. The van der Waals surface area contributed by atoms with Gasteiger partial charge in [0.1, 0.15) is 46.6 Å². The Bertz CT molecular complexity index is 4000. The van der Waals surface area contributed by atoms with Crippen LogP contribution in [0, 0.1) is 36.3 Å². The van der Waals surface area contributed by atoms with Gasteiger partial charge in [0.05, 0.1) is 40.3 Å². The summed E-state index contributed by atoms with van der Waals surface area (Å²) in [5, 5.41) is 18.4. The van der Waals surface area contributed by atoms with E-state index in [1.54, 1.807) is 0 Å². The average molecular weight is 1280 g/mol. The van der Waals surface area contributed by atoms with E-state index in [1.165, 1.54) is 59.1 Å². The highest BCUT2D eigenvalue weighted by molar-refractivity contribution is 7.92. The van der Waals surface area contributed by atoms with Crippen LogP contribution in [-0.4, -0.2) is 93.3 Å². The van der Waals surface area contributed by atoms with Gasteiger partial charge in [0.15, 0.2) is 11.5 Å². The van der Waals surface area contributed by atoms with Crippen molar-refractivity contribution in [1.29, 1.82) is 0 Å². The van der Waals surface area contributed by atoms with Crippen LogP contribution in [0.25, 0.3) is 22.0 Å². The van der Waals surface area contributed by atoms with Crippen molar-refractivity contribution in [2.75, 3.05) is 16.8 Å². The van der Waals surface area contributed by atoms with E-state index in [1.807, 2.05) is 0 Å². The van der Waals surface area contributed by atoms with Crippen LogP contribution in [-0.2, 0) is 83.2 Å². The Morgan fingerprint density at radius 1 is 0.976 bits per heavy atom. The molecular weight excluding hydrogens is 1230 g/mol. The molecule has 8 rings (SSSR count). The molecule has 0 saturated heterocycles. The van der Waals surface area contributed by atoms with Crippen molar-refractivity contribution in [3.8, 4) is 28.7 Å². The van der Waals surface area contributed by atoms with E-state index >= 15 is 8.78 Å². The third-order valence-electron chi connectivity index (χ3n) is 14.0. The van der Waals surface area contributed by atoms with Gasteiger partial charge in [0.2, 0.25) is 21.8 Å². The summed E-state index contributed by atoms with van der Waals surface area (Å²) < 4.78 is 206. The van der Waals surface area contributed by atoms with Crippen LogP contribution in [0.2, 0.25) is 5.02 Å². The summed E-state index contributed by atoms with van der Waals surface area (Å²) in [6, 6.07) is 7.12.